The Morgan fingerprint density at radius 1 is 1.14 bits per heavy atom. The molecule has 1 aromatic heterocycles. The monoisotopic (exact) mass is 313 g/mol. The Morgan fingerprint density at radius 2 is 1.95 bits per heavy atom. The molecule has 22 heavy (non-hydrogen) atoms. The number of aryl methyl sites for hydroxylation is 1. The van der Waals surface area contributed by atoms with E-state index in [9.17, 15) is 0 Å². The third-order valence-electron chi connectivity index (χ3n) is 3.40. The summed E-state index contributed by atoms with van der Waals surface area (Å²) < 4.78 is 5.78. The Balaban J connectivity index is 1.82. The van der Waals surface area contributed by atoms with Gasteiger partial charge in [0.1, 0.15) is 5.75 Å². The van der Waals surface area contributed by atoms with E-state index < -0.39 is 0 Å². The van der Waals surface area contributed by atoms with Gasteiger partial charge < -0.3 is 10.5 Å². The SMILES string of the molecule is Cc1cccc(OCCc2nc(Cl)nc3cccc(N)c23)c1. The number of nitrogen functional groups attached to an aromatic ring is 1. The maximum atomic E-state index is 6.05. The summed E-state index contributed by atoms with van der Waals surface area (Å²) in [6.07, 6.45) is 0.612. The molecule has 3 aromatic rings. The molecule has 0 saturated carbocycles. The first-order chi connectivity index (χ1) is 10.6. The number of nitrogens with two attached hydrogens (primary N) is 1. The minimum Gasteiger partial charge on any atom is -0.493 e. The van der Waals surface area contributed by atoms with Crippen molar-refractivity contribution < 1.29 is 4.74 Å². The van der Waals surface area contributed by atoms with Crippen LogP contribution >= 0.6 is 11.6 Å². The van der Waals surface area contributed by atoms with Gasteiger partial charge in [-0.1, -0.05) is 18.2 Å². The van der Waals surface area contributed by atoms with E-state index in [1.807, 2.05) is 49.4 Å². The zero-order valence-corrected chi connectivity index (χ0v) is 13.0. The molecule has 1 heterocycles. The fourth-order valence-electron chi connectivity index (χ4n) is 2.41. The molecule has 112 valence electrons. The van der Waals surface area contributed by atoms with Crippen LogP contribution in [0.15, 0.2) is 42.5 Å². The van der Waals surface area contributed by atoms with Crippen molar-refractivity contribution >= 4 is 28.2 Å². The average molecular weight is 314 g/mol. The Labute approximate surface area is 133 Å². The fourth-order valence-corrected chi connectivity index (χ4v) is 2.60. The van der Waals surface area contributed by atoms with E-state index >= 15 is 0 Å². The van der Waals surface area contributed by atoms with Crippen LogP contribution in [-0.2, 0) is 6.42 Å². The van der Waals surface area contributed by atoms with Crippen LogP contribution in [0.3, 0.4) is 0 Å². The highest BCUT2D eigenvalue weighted by Crippen LogP contribution is 2.24. The molecule has 0 atom stereocenters. The molecule has 0 fully saturated rings. The topological polar surface area (TPSA) is 61.0 Å². The number of fused-ring (bicyclic) bond motifs is 1. The number of aromatic nitrogens is 2. The van der Waals surface area contributed by atoms with Gasteiger partial charge in [-0.15, -0.1) is 0 Å². The smallest absolute Gasteiger partial charge is 0.223 e. The lowest BCUT2D eigenvalue weighted by atomic mass is 10.1. The summed E-state index contributed by atoms with van der Waals surface area (Å²) >= 11 is 5.99. The number of ether oxygens (including phenoxy) is 1. The largest absolute Gasteiger partial charge is 0.493 e. The van der Waals surface area contributed by atoms with Gasteiger partial charge in [0, 0.05) is 17.5 Å². The maximum absolute atomic E-state index is 6.05. The van der Waals surface area contributed by atoms with Crippen LogP contribution in [-0.4, -0.2) is 16.6 Å². The third kappa shape index (κ3) is 3.12. The van der Waals surface area contributed by atoms with Crippen molar-refractivity contribution in [1.29, 1.82) is 0 Å². The van der Waals surface area contributed by atoms with Gasteiger partial charge in [0.2, 0.25) is 5.28 Å². The van der Waals surface area contributed by atoms with Gasteiger partial charge in [0.25, 0.3) is 0 Å². The fraction of sp³-hybridized carbons (Fsp3) is 0.176. The van der Waals surface area contributed by atoms with Crippen LogP contribution in [0.4, 0.5) is 5.69 Å². The van der Waals surface area contributed by atoms with E-state index in [0.29, 0.717) is 18.7 Å². The first-order valence-corrected chi connectivity index (χ1v) is 7.41. The normalized spacial score (nSPS) is 10.8. The Kier molecular flexibility index (Phi) is 4.11. The summed E-state index contributed by atoms with van der Waals surface area (Å²) in [7, 11) is 0. The number of hydrogen-bond donors (Lipinski definition) is 1. The van der Waals surface area contributed by atoms with Gasteiger partial charge in [-0.3, -0.25) is 0 Å². The second-order valence-corrected chi connectivity index (χ2v) is 5.43. The van der Waals surface area contributed by atoms with Crippen molar-refractivity contribution in [2.24, 2.45) is 0 Å². The summed E-state index contributed by atoms with van der Waals surface area (Å²) in [5.74, 6) is 0.845. The van der Waals surface area contributed by atoms with Crippen LogP contribution < -0.4 is 10.5 Å². The maximum Gasteiger partial charge on any atom is 0.223 e. The number of nitrogens with zero attached hydrogens (tertiary/aromatic N) is 2. The number of anilines is 1. The quantitative estimate of drug-likeness (QED) is 0.588. The van der Waals surface area contributed by atoms with Crippen molar-refractivity contribution in [3.05, 3.63) is 59.0 Å². The summed E-state index contributed by atoms with van der Waals surface area (Å²) in [4.78, 5) is 8.51. The molecular weight excluding hydrogens is 298 g/mol. The van der Waals surface area contributed by atoms with Crippen molar-refractivity contribution in [2.75, 3.05) is 12.3 Å². The predicted molar refractivity (Wildman–Crippen MR) is 89.3 cm³/mol. The number of benzene rings is 2. The molecule has 0 aliphatic rings. The molecule has 0 aliphatic carbocycles. The second kappa shape index (κ2) is 6.20. The van der Waals surface area contributed by atoms with Crippen molar-refractivity contribution in [1.82, 2.24) is 9.97 Å². The summed E-state index contributed by atoms with van der Waals surface area (Å²) in [6, 6.07) is 13.5. The molecule has 0 spiro atoms. The van der Waals surface area contributed by atoms with E-state index in [-0.39, 0.29) is 5.28 Å². The molecule has 2 N–H and O–H groups in total. The second-order valence-electron chi connectivity index (χ2n) is 5.10. The van der Waals surface area contributed by atoms with Gasteiger partial charge in [0.15, 0.2) is 0 Å². The molecule has 0 aliphatic heterocycles. The van der Waals surface area contributed by atoms with Crippen LogP contribution in [0.2, 0.25) is 5.28 Å². The standard InChI is InChI=1S/C17H16ClN3O/c1-11-4-2-5-12(10-11)22-9-8-15-16-13(19)6-3-7-14(16)20-17(18)21-15/h2-7,10H,8-9,19H2,1H3. The predicted octanol–water partition coefficient (Wildman–Crippen LogP) is 3.80. The van der Waals surface area contributed by atoms with Crippen molar-refractivity contribution in [3.63, 3.8) is 0 Å². The molecule has 0 bridgehead atoms. The lowest BCUT2D eigenvalue weighted by Gasteiger charge is -2.10. The summed E-state index contributed by atoms with van der Waals surface area (Å²) in [5.41, 5.74) is 9.42. The van der Waals surface area contributed by atoms with Gasteiger partial charge in [0.05, 0.1) is 17.8 Å². The molecule has 4 nitrogen and oxygen atoms in total. The Bertz CT molecular complexity index is 820. The van der Waals surface area contributed by atoms with Crippen molar-refractivity contribution in [3.8, 4) is 5.75 Å². The molecule has 0 unspecified atom stereocenters. The zero-order chi connectivity index (χ0) is 15.5. The van der Waals surface area contributed by atoms with E-state index in [1.165, 1.54) is 0 Å². The van der Waals surface area contributed by atoms with Gasteiger partial charge in [-0.2, -0.15) is 0 Å². The average Bonchev–Trinajstić information content (AvgIpc) is 2.47. The molecular formula is C17H16ClN3O. The Hall–Kier alpha value is -2.33. The van der Waals surface area contributed by atoms with E-state index in [2.05, 4.69) is 9.97 Å². The highest BCUT2D eigenvalue weighted by molar-refractivity contribution is 6.28. The molecule has 0 radical (unpaired) electrons. The summed E-state index contributed by atoms with van der Waals surface area (Å²) in [6.45, 7) is 2.53. The number of rotatable bonds is 4. The van der Waals surface area contributed by atoms with E-state index in [0.717, 1.165) is 27.9 Å². The van der Waals surface area contributed by atoms with Crippen LogP contribution in [0.1, 0.15) is 11.3 Å². The third-order valence-corrected chi connectivity index (χ3v) is 3.57. The minimum atomic E-state index is 0.226. The lowest BCUT2D eigenvalue weighted by molar-refractivity contribution is 0.321. The zero-order valence-electron chi connectivity index (χ0n) is 12.2. The van der Waals surface area contributed by atoms with Gasteiger partial charge in [-0.25, -0.2) is 9.97 Å². The molecule has 5 heteroatoms. The molecule has 3 rings (SSSR count). The molecule has 0 saturated heterocycles. The van der Waals surface area contributed by atoms with Gasteiger partial charge in [-0.05, 0) is 48.4 Å². The van der Waals surface area contributed by atoms with E-state index in [4.69, 9.17) is 22.1 Å². The lowest BCUT2D eigenvalue weighted by Crippen LogP contribution is -2.06. The first-order valence-electron chi connectivity index (χ1n) is 7.03. The number of hydrogen-bond acceptors (Lipinski definition) is 4. The first kappa shape index (κ1) is 14.6. The van der Waals surface area contributed by atoms with E-state index in [1.54, 1.807) is 0 Å². The molecule has 0 amide bonds. The van der Waals surface area contributed by atoms with Crippen LogP contribution in [0.5, 0.6) is 5.75 Å². The van der Waals surface area contributed by atoms with Gasteiger partial charge >= 0.3 is 0 Å². The molecule has 2 aromatic carbocycles. The summed E-state index contributed by atoms with van der Waals surface area (Å²) in [5, 5.41) is 1.07. The number of halogens is 1. The highest BCUT2D eigenvalue weighted by atomic mass is 35.5. The highest BCUT2D eigenvalue weighted by Gasteiger charge is 2.09. The Morgan fingerprint density at radius 3 is 2.77 bits per heavy atom. The van der Waals surface area contributed by atoms with Crippen LogP contribution in [0, 0.1) is 6.92 Å². The van der Waals surface area contributed by atoms with Crippen molar-refractivity contribution in [2.45, 2.75) is 13.3 Å². The minimum absolute atomic E-state index is 0.226. The van der Waals surface area contributed by atoms with Crippen LogP contribution in [0.25, 0.3) is 10.9 Å².